The maximum absolute atomic E-state index is 5.17. The van der Waals surface area contributed by atoms with Gasteiger partial charge in [0.05, 0.1) is 14.2 Å². The Kier molecular flexibility index (Phi) is 30.8. The van der Waals surface area contributed by atoms with E-state index in [0.29, 0.717) is 24.3 Å². The Hall–Kier alpha value is 0.586. The van der Waals surface area contributed by atoms with Gasteiger partial charge in [-0.05, 0) is 128 Å². The molecule has 2 nitrogen and oxygen atoms in total. The molecule has 0 aromatic heterocycles. The standard InChI is InChI=1S/C12H14O2.4C5H5.2Zr/c1-5-9-7-12(14-4)10(6-2)8-11(9)13-3;4*1-2-4-5-3-1;;/h1-2,5-6H2,3-4H3;4*1-5H;;/q-4;;;;;2*+2. The van der Waals surface area contributed by atoms with Crippen molar-refractivity contribution in [3.8, 4) is 11.5 Å². The number of rotatable bonds is 4. The summed E-state index contributed by atoms with van der Waals surface area (Å²) in [5.74, 6) is 1.36. The van der Waals surface area contributed by atoms with E-state index in [-0.39, 0.29) is 52.4 Å². The summed E-state index contributed by atoms with van der Waals surface area (Å²) in [6.07, 6.45) is 41.2. The van der Waals surface area contributed by atoms with E-state index >= 15 is 0 Å². The third-order valence-electron chi connectivity index (χ3n) is 4.21. The van der Waals surface area contributed by atoms with Crippen LogP contribution in [0.5, 0.6) is 11.5 Å². The van der Waals surface area contributed by atoms with Gasteiger partial charge in [0, 0.05) is 0 Å². The van der Waals surface area contributed by atoms with E-state index in [1.165, 1.54) is 0 Å². The first kappa shape index (κ1) is 38.7. The maximum Gasteiger partial charge on any atom is 2.00 e. The molecule has 36 heavy (non-hydrogen) atoms. The molecule has 182 valence electrons. The Morgan fingerprint density at radius 1 is 0.444 bits per heavy atom. The third-order valence-corrected chi connectivity index (χ3v) is 4.21. The van der Waals surface area contributed by atoms with Crippen LogP contribution in [0.4, 0.5) is 0 Å². The maximum atomic E-state index is 5.17. The first-order chi connectivity index (χ1) is 16.8. The van der Waals surface area contributed by atoms with Gasteiger partial charge in [-0.1, -0.05) is 0 Å². The Bertz CT molecular complexity index is 447. The predicted octanol–water partition coefficient (Wildman–Crippen LogP) is 6.14. The smallest absolute Gasteiger partial charge is 0.579 e. The van der Waals surface area contributed by atoms with Crippen LogP contribution in [0.3, 0.4) is 0 Å². The van der Waals surface area contributed by atoms with Gasteiger partial charge in [-0.3, -0.25) is 23.3 Å². The van der Waals surface area contributed by atoms with Crippen LogP contribution >= 0.6 is 0 Å². The molecule has 4 heteroatoms. The van der Waals surface area contributed by atoms with Crippen LogP contribution in [0.15, 0.2) is 0 Å². The molecular formula is C32H34O2Zr2. The van der Waals surface area contributed by atoms with Gasteiger partial charge in [0.15, 0.2) is 0 Å². The van der Waals surface area contributed by atoms with Gasteiger partial charge in [0.1, 0.15) is 0 Å². The van der Waals surface area contributed by atoms with Crippen molar-refractivity contribution < 1.29 is 61.9 Å². The summed E-state index contributed by atoms with van der Waals surface area (Å²) in [5, 5.41) is 0. The van der Waals surface area contributed by atoms with Gasteiger partial charge in [0.2, 0.25) is 0 Å². The molecule has 0 amide bonds. The number of ether oxygens (including phenoxy) is 2. The van der Waals surface area contributed by atoms with E-state index in [9.17, 15) is 0 Å². The molecule has 0 atom stereocenters. The molecular weight excluding hydrogens is 599 g/mol. The molecule has 5 rings (SSSR count). The Morgan fingerprint density at radius 3 is 0.722 bits per heavy atom. The van der Waals surface area contributed by atoms with Crippen molar-refractivity contribution in [1.29, 1.82) is 0 Å². The molecule has 0 heterocycles. The molecule has 0 bridgehead atoms. The fourth-order valence-corrected chi connectivity index (χ4v) is 2.52. The average Bonchev–Trinajstić information content (AvgIpc) is 3.74. The molecule has 0 unspecified atom stereocenters. The van der Waals surface area contributed by atoms with E-state index in [1.807, 2.05) is 128 Å². The minimum atomic E-state index is 0. The largest absolute Gasteiger partial charge is 2.00 e. The molecule has 0 spiro atoms. The minimum absolute atomic E-state index is 0. The van der Waals surface area contributed by atoms with Gasteiger partial charge in [0.25, 0.3) is 0 Å². The molecule has 0 saturated heterocycles. The molecule has 0 aliphatic heterocycles. The Morgan fingerprint density at radius 2 is 0.611 bits per heavy atom. The molecule has 20 radical (unpaired) electrons. The van der Waals surface area contributed by atoms with Crippen molar-refractivity contribution in [1.82, 2.24) is 0 Å². The SMILES string of the molecule is [CH2-]Cc1[c-]c(OC)c(C[CH2-])[c-]c1OC.[CH]1[CH][CH][CH][CH]1.[CH]1[CH][CH][CH][CH]1.[CH]1[CH][CH][CH][CH]1.[CH]1[CH][CH][CH][CH]1.[Zr+2].[Zr+2]. The van der Waals surface area contributed by atoms with Crippen LogP contribution in [0.2, 0.25) is 0 Å². The van der Waals surface area contributed by atoms with E-state index in [2.05, 4.69) is 26.0 Å². The van der Waals surface area contributed by atoms with Crippen LogP contribution in [0.1, 0.15) is 11.1 Å². The molecule has 1 aromatic carbocycles. The summed E-state index contributed by atoms with van der Waals surface area (Å²) >= 11 is 0. The number of methoxy groups -OCH3 is 2. The van der Waals surface area contributed by atoms with Gasteiger partial charge in [-0.25, -0.2) is 12.8 Å². The van der Waals surface area contributed by atoms with E-state index in [4.69, 9.17) is 9.47 Å². The summed E-state index contributed by atoms with van der Waals surface area (Å²) in [6, 6.07) is 6.20. The van der Waals surface area contributed by atoms with Crippen LogP contribution in [0.25, 0.3) is 0 Å². The van der Waals surface area contributed by atoms with Crippen molar-refractivity contribution in [3.05, 3.63) is 166 Å². The van der Waals surface area contributed by atoms with Crippen LogP contribution in [-0.2, 0) is 65.2 Å². The average molecular weight is 633 g/mol. The van der Waals surface area contributed by atoms with Crippen molar-refractivity contribution in [2.75, 3.05) is 14.2 Å². The van der Waals surface area contributed by atoms with Gasteiger partial charge in [-0.15, -0.1) is 11.5 Å². The van der Waals surface area contributed by atoms with Crippen molar-refractivity contribution >= 4 is 0 Å². The van der Waals surface area contributed by atoms with Gasteiger partial charge in [-0.2, -0.15) is 0 Å². The first-order valence-electron chi connectivity index (χ1n) is 11.1. The summed E-state index contributed by atoms with van der Waals surface area (Å²) in [7, 11) is 3.22. The quantitative estimate of drug-likeness (QED) is 0.372. The summed E-state index contributed by atoms with van der Waals surface area (Å²) in [6.45, 7) is 7.59. The van der Waals surface area contributed by atoms with E-state index in [0.717, 1.165) is 11.1 Å². The third kappa shape index (κ3) is 19.6. The molecule has 4 aliphatic carbocycles. The molecule has 1 aromatic rings. The molecule has 4 fully saturated rings. The minimum Gasteiger partial charge on any atom is -0.579 e. The Balaban J connectivity index is 0. The fraction of sp³-hybridized carbons (Fsp3) is 0.125. The first-order valence-corrected chi connectivity index (χ1v) is 11.1. The zero-order valence-corrected chi connectivity index (χ0v) is 26.1. The number of hydrogen-bond donors (Lipinski definition) is 0. The number of benzene rings is 1. The second-order valence-electron chi connectivity index (χ2n) is 6.62. The van der Waals surface area contributed by atoms with Crippen molar-refractivity contribution in [3.63, 3.8) is 0 Å². The Labute approximate surface area is 264 Å². The monoisotopic (exact) mass is 630 g/mol. The van der Waals surface area contributed by atoms with Crippen molar-refractivity contribution in [2.24, 2.45) is 0 Å². The van der Waals surface area contributed by atoms with Gasteiger partial charge >= 0.3 is 52.4 Å². The summed E-state index contributed by atoms with van der Waals surface area (Å²) in [5.41, 5.74) is 1.75. The van der Waals surface area contributed by atoms with Crippen LogP contribution in [0, 0.1) is 154 Å². The normalized spacial score (nSPS) is 17.2. The summed E-state index contributed by atoms with van der Waals surface area (Å²) in [4.78, 5) is 0. The summed E-state index contributed by atoms with van der Waals surface area (Å²) < 4.78 is 10.3. The zero-order valence-electron chi connectivity index (χ0n) is 21.2. The number of hydrogen-bond acceptors (Lipinski definition) is 2. The van der Waals surface area contributed by atoms with E-state index < -0.39 is 0 Å². The topological polar surface area (TPSA) is 18.5 Å². The molecule has 0 N–H and O–H groups in total. The second-order valence-corrected chi connectivity index (χ2v) is 6.62. The molecule has 4 aliphatic rings. The van der Waals surface area contributed by atoms with Crippen molar-refractivity contribution in [2.45, 2.75) is 12.8 Å². The fourth-order valence-electron chi connectivity index (χ4n) is 2.52. The predicted molar refractivity (Wildman–Crippen MR) is 141 cm³/mol. The van der Waals surface area contributed by atoms with Gasteiger partial charge < -0.3 is 23.3 Å². The van der Waals surface area contributed by atoms with Crippen LogP contribution < -0.4 is 9.47 Å². The zero-order chi connectivity index (χ0) is 24.7. The molecule has 4 saturated carbocycles. The van der Waals surface area contributed by atoms with E-state index in [1.54, 1.807) is 14.2 Å². The second kappa shape index (κ2) is 28.6. The van der Waals surface area contributed by atoms with Crippen LogP contribution in [-0.4, -0.2) is 14.2 Å².